The Labute approximate surface area is 210 Å². The van der Waals surface area contributed by atoms with Crippen molar-refractivity contribution in [2.24, 2.45) is 0 Å². The molecule has 0 bridgehead atoms. The van der Waals surface area contributed by atoms with E-state index >= 15 is 0 Å². The van der Waals surface area contributed by atoms with Crippen LogP contribution in [-0.4, -0.2) is 22.2 Å². The molecule has 1 amide bonds. The SMILES string of the molecule is Cc1nn(CCCNC(=O)c2ccc(COc3ccc(C(C)(C)c4ccccc4)cc3)o2)cc1Cl. The van der Waals surface area contributed by atoms with Crippen molar-refractivity contribution in [2.45, 2.75) is 45.8 Å². The molecule has 4 rings (SSSR count). The number of carbonyl (C=O) groups is 1. The number of aryl methyl sites for hydroxylation is 2. The molecule has 182 valence electrons. The number of ether oxygens (including phenoxy) is 1. The molecule has 2 aromatic carbocycles. The van der Waals surface area contributed by atoms with E-state index in [0.717, 1.165) is 17.9 Å². The maximum absolute atomic E-state index is 12.4. The summed E-state index contributed by atoms with van der Waals surface area (Å²) in [7, 11) is 0. The van der Waals surface area contributed by atoms with Crippen LogP contribution in [0.15, 0.2) is 77.3 Å². The van der Waals surface area contributed by atoms with Crippen LogP contribution in [0.2, 0.25) is 5.02 Å². The van der Waals surface area contributed by atoms with E-state index in [2.05, 4.69) is 60.7 Å². The average molecular weight is 492 g/mol. The molecule has 6 nitrogen and oxygen atoms in total. The predicted molar refractivity (Wildman–Crippen MR) is 137 cm³/mol. The van der Waals surface area contributed by atoms with Crippen LogP contribution in [0, 0.1) is 6.92 Å². The largest absolute Gasteiger partial charge is 0.486 e. The fourth-order valence-corrected chi connectivity index (χ4v) is 4.01. The van der Waals surface area contributed by atoms with E-state index < -0.39 is 0 Å². The zero-order chi connectivity index (χ0) is 24.8. The van der Waals surface area contributed by atoms with Crippen LogP contribution in [0.1, 0.15) is 53.4 Å². The second-order valence-electron chi connectivity index (χ2n) is 9.01. The quantitative estimate of drug-likeness (QED) is 0.269. The highest BCUT2D eigenvalue weighted by Gasteiger charge is 2.22. The molecule has 0 saturated heterocycles. The zero-order valence-corrected chi connectivity index (χ0v) is 21.0. The molecule has 0 aliphatic heterocycles. The number of carbonyl (C=O) groups excluding carboxylic acids is 1. The summed E-state index contributed by atoms with van der Waals surface area (Å²) >= 11 is 6.01. The number of rotatable bonds is 10. The van der Waals surface area contributed by atoms with Gasteiger partial charge in [-0.3, -0.25) is 9.48 Å². The Balaban J connectivity index is 1.24. The Kier molecular flexibility index (Phi) is 7.61. The fourth-order valence-electron chi connectivity index (χ4n) is 3.86. The number of hydrogen-bond acceptors (Lipinski definition) is 4. The highest BCUT2D eigenvalue weighted by molar-refractivity contribution is 6.31. The molecule has 0 radical (unpaired) electrons. The van der Waals surface area contributed by atoms with Gasteiger partial charge in [-0.15, -0.1) is 0 Å². The lowest BCUT2D eigenvalue weighted by Gasteiger charge is -2.26. The van der Waals surface area contributed by atoms with Crippen molar-refractivity contribution in [3.63, 3.8) is 0 Å². The smallest absolute Gasteiger partial charge is 0.286 e. The summed E-state index contributed by atoms with van der Waals surface area (Å²) in [4.78, 5) is 12.4. The maximum Gasteiger partial charge on any atom is 0.286 e. The van der Waals surface area contributed by atoms with Crippen molar-refractivity contribution >= 4 is 17.5 Å². The van der Waals surface area contributed by atoms with Gasteiger partial charge in [-0.25, -0.2) is 0 Å². The second kappa shape index (κ2) is 10.8. The van der Waals surface area contributed by atoms with Gasteiger partial charge in [-0.2, -0.15) is 5.10 Å². The normalized spacial score (nSPS) is 11.4. The molecular formula is C28H30ClN3O3. The minimum atomic E-state index is -0.251. The zero-order valence-electron chi connectivity index (χ0n) is 20.3. The van der Waals surface area contributed by atoms with E-state index in [4.69, 9.17) is 20.8 Å². The number of nitrogens with zero attached hydrogens (tertiary/aromatic N) is 2. The molecule has 0 fully saturated rings. The summed E-state index contributed by atoms with van der Waals surface area (Å²) in [6, 6.07) is 22.0. The van der Waals surface area contributed by atoms with Gasteiger partial charge < -0.3 is 14.5 Å². The van der Waals surface area contributed by atoms with Gasteiger partial charge in [-0.05, 0) is 48.7 Å². The molecular weight excluding hydrogens is 462 g/mol. The van der Waals surface area contributed by atoms with Gasteiger partial charge >= 0.3 is 0 Å². The minimum Gasteiger partial charge on any atom is -0.486 e. The van der Waals surface area contributed by atoms with Crippen LogP contribution in [0.25, 0.3) is 0 Å². The Hall–Kier alpha value is -3.51. The van der Waals surface area contributed by atoms with Crippen LogP contribution in [0.5, 0.6) is 5.75 Å². The van der Waals surface area contributed by atoms with E-state index in [9.17, 15) is 4.79 Å². The maximum atomic E-state index is 12.4. The monoisotopic (exact) mass is 491 g/mol. The highest BCUT2D eigenvalue weighted by Crippen LogP contribution is 2.32. The lowest BCUT2D eigenvalue weighted by molar-refractivity contribution is 0.0920. The third kappa shape index (κ3) is 6.14. The molecule has 0 aliphatic carbocycles. The molecule has 35 heavy (non-hydrogen) atoms. The van der Waals surface area contributed by atoms with Gasteiger partial charge in [0.2, 0.25) is 0 Å². The van der Waals surface area contributed by atoms with Gasteiger partial charge in [0, 0.05) is 24.7 Å². The van der Waals surface area contributed by atoms with Crippen LogP contribution in [0.3, 0.4) is 0 Å². The van der Waals surface area contributed by atoms with Crippen molar-refractivity contribution in [2.75, 3.05) is 6.54 Å². The molecule has 0 saturated carbocycles. The number of aromatic nitrogens is 2. The van der Waals surface area contributed by atoms with Gasteiger partial charge in [0.15, 0.2) is 5.76 Å². The Morgan fingerprint density at radius 2 is 1.77 bits per heavy atom. The van der Waals surface area contributed by atoms with Crippen LogP contribution in [0.4, 0.5) is 0 Å². The second-order valence-corrected chi connectivity index (χ2v) is 9.41. The summed E-state index contributed by atoms with van der Waals surface area (Å²) in [5.74, 6) is 1.35. The topological polar surface area (TPSA) is 69.3 Å². The average Bonchev–Trinajstić information content (AvgIpc) is 3.47. The van der Waals surface area contributed by atoms with E-state index in [1.54, 1.807) is 23.0 Å². The molecule has 0 aliphatic rings. The van der Waals surface area contributed by atoms with Crippen LogP contribution in [-0.2, 0) is 18.6 Å². The minimum absolute atomic E-state index is 0.104. The summed E-state index contributed by atoms with van der Waals surface area (Å²) in [5, 5.41) is 7.81. The molecule has 7 heteroatoms. The molecule has 2 heterocycles. The van der Waals surface area contributed by atoms with E-state index in [1.165, 1.54) is 11.1 Å². The van der Waals surface area contributed by atoms with Crippen molar-refractivity contribution in [1.82, 2.24) is 15.1 Å². The third-order valence-electron chi connectivity index (χ3n) is 6.07. The first-order chi connectivity index (χ1) is 16.8. The first-order valence-electron chi connectivity index (χ1n) is 11.7. The first kappa shape index (κ1) is 24.6. The van der Waals surface area contributed by atoms with Gasteiger partial charge in [0.25, 0.3) is 5.91 Å². The van der Waals surface area contributed by atoms with Gasteiger partial charge in [-0.1, -0.05) is 67.9 Å². The lowest BCUT2D eigenvalue weighted by atomic mass is 9.78. The highest BCUT2D eigenvalue weighted by atomic mass is 35.5. The van der Waals surface area contributed by atoms with E-state index in [0.29, 0.717) is 23.9 Å². The number of amides is 1. The summed E-state index contributed by atoms with van der Waals surface area (Å²) in [5.41, 5.74) is 3.16. The number of hydrogen-bond donors (Lipinski definition) is 1. The van der Waals surface area contributed by atoms with Crippen molar-refractivity contribution in [3.8, 4) is 5.75 Å². The third-order valence-corrected chi connectivity index (χ3v) is 6.45. The number of benzene rings is 2. The van der Waals surface area contributed by atoms with Gasteiger partial charge in [0.1, 0.15) is 18.1 Å². The summed E-state index contributed by atoms with van der Waals surface area (Å²) in [6.07, 6.45) is 2.52. The van der Waals surface area contributed by atoms with E-state index in [1.807, 2.05) is 25.1 Å². The molecule has 0 unspecified atom stereocenters. The number of nitrogens with one attached hydrogen (secondary N) is 1. The van der Waals surface area contributed by atoms with Crippen molar-refractivity contribution < 1.29 is 13.9 Å². The standard InChI is InChI=1S/C28H30ClN3O3/c1-20-25(29)18-32(31-20)17-7-16-30-27(33)26-15-14-24(35-26)19-34-23-12-10-22(11-13-23)28(2,3)21-8-5-4-6-9-21/h4-6,8-15,18H,7,16-17,19H2,1-3H3,(H,30,33). The molecule has 4 aromatic rings. The Morgan fingerprint density at radius 1 is 1.06 bits per heavy atom. The Morgan fingerprint density at radius 3 is 2.46 bits per heavy atom. The van der Waals surface area contributed by atoms with Gasteiger partial charge in [0.05, 0.1) is 10.7 Å². The molecule has 2 aromatic heterocycles. The molecule has 0 atom stereocenters. The summed E-state index contributed by atoms with van der Waals surface area (Å²) in [6.45, 7) is 7.71. The molecule has 0 spiro atoms. The number of halogens is 1. The Bertz CT molecular complexity index is 1240. The van der Waals surface area contributed by atoms with Crippen molar-refractivity contribution in [1.29, 1.82) is 0 Å². The number of furan rings is 1. The lowest BCUT2D eigenvalue weighted by Crippen LogP contribution is -2.24. The summed E-state index contributed by atoms with van der Waals surface area (Å²) < 4.78 is 13.3. The van der Waals surface area contributed by atoms with Crippen LogP contribution >= 0.6 is 11.6 Å². The van der Waals surface area contributed by atoms with E-state index in [-0.39, 0.29) is 23.7 Å². The predicted octanol–water partition coefficient (Wildman–Crippen LogP) is 6.16. The van der Waals surface area contributed by atoms with Crippen LogP contribution < -0.4 is 10.1 Å². The molecule has 1 N–H and O–H groups in total. The first-order valence-corrected chi connectivity index (χ1v) is 12.1. The fraction of sp³-hybridized carbons (Fsp3) is 0.286. The van der Waals surface area contributed by atoms with Crippen molar-refractivity contribution in [3.05, 3.63) is 106 Å².